The largest absolute Gasteiger partial charge is 0.307 e. The Morgan fingerprint density at radius 2 is 2.14 bits per heavy atom. The molecule has 0 aliphatic carbocycles. The van der Waals surface area contributed by atoms with Crippen LogP contribution in [-0.2, 0) is 11.2 Å². The van der Waals surface area contributed by atoms with E-state index in [0.29, 0.717) is 5.13 Å². The second-order valence-electron chi connectivity index (χ2n) is 5.09. The second-order valence-corrected chi connectivity index (χ2v) is 6.29. The molecule has 0 aromatic carbocycles. The Morgan fingerprint density at radius 3 is 2.86 bits per heavy atom. The fraction of sp³-hybridized carbons (Fsp3) is 0.267. The Labute approximate surface area is 126 Å². The van der Waals surface area contributed by atoms with Crippen LogP contribution in [0.2, 0.25) is 0 Å². The lowest BCUT2D eigenvalue weighted by Crippen LogP contribution is -2.14. The molecule has 0 radical (unpaired) electrons. The molecule has 1 N–H and O–H groups in total. The van der Waals surface area contributed by atoms with E-state index in [9.17, 15) is 4.79 Å². The molecule has 1 amide bonds. The average molecular weight is 300 g/mol. The molecule has 21 heavy (non-hydrogen) atoms. The molecule has 0 fully saturated rings. The number of anilines is 1. The molecule has 0 spiro atoms. The molecule has 0 saturated heterocycles. The SMILES string of the molecule is Cc1ccn2cc(CC(=O)Nc3nc(C)c(C)s3)nc2c1. The van der Waals surface area contributed by atoms with Gasteiger partial charge < -0.3 is 9.72 Å². The summed E-state index contributed by atoms with van der Waals surface area (Å²) in [6.45, 7) is 5.95. The Hall–Kier alpha value is -2.21. The number of fused-ring (bicyclic) bond motifs is 1. The molecule has 3 aromatic heterocycles. The Bertz CT molecular complexity index is 799. The summed E-state index contributed by atoms with van der Waals surface area (Å²) in [6, 6.07) is 4.01. The zero-order valence-corrected chi connectivity index (χ0v) is 13.0. The number of rotatable bonds is 3. The molecule has 0 bridgehead atoms. The average Bonchev–Trinajstić information content (AvgIpc) is 2.92. The summed E-state index contributed by atoms with van der Waals surface area (Å²) < 4.78 is 1.92. The lowest BCUT2D eigenvalue weighted by molar-refractivity contribution is -0.115. The van der Waals surface area contributed by atoms with Crippen molar-refractivity contribution >= 4 is 28.0 Å². The second kappa shape index (κ2) is 5.29. The van der Waals surface area contributed by atoms with Crippen molar-refractivity contribution in [1.29, 1.82) is 0 Å². The highest BCUT2D eigenvalue weighted by Gasteiger charge is 2.11. The molecule has 0 unspecified atom stereocenters. The van der Waals surface area contributed by atoms with E-state index in [4.69, 9.17) is 0 Å². The van der Waals surface area contributed by atoms with Gasteiger partial charge in [-0.1, -0.05) is 0 Å². The first-order valence-electron chi connectivity index (χ1n) is 6.69. The minimum atomic E-state index is -0.0936. The van der Waals surface area contributed by atoms with Crippen molar-refractivity contribution in [2.45, 2.75) is 27.2 Å². The highest BCUT2D eigenvalue weighted by molar-refractivity contribution is 7.15. The van der Waals surface area contributed by atoms with Crippen LogP contribution in [0.5, 0.6) is 0 Å². The van der Waals surface area contributed by atoms with Gasteiger partial charge in [0.15, 0.2) is 5.13 Å². The summed E-state index contributed by atoms with van der Waals surface area (Å²) in [5.41, 5.74) is 3.72. The van der Waals surface area contributed by atoms with Gasteiger partial charge in [0.05, 0.1) is 17.8 Å². The van der Waals surface area contributed by atoms with Crippen molar-refractivity contribution in [1.82, 2.24) is 14.4 Å². The fourth-order valence-corrected chi connectivity index (χ4v) is 2.91. The molecule has 0 aliphatic heterocycles. The molecule has 0 atom stereocenters. The number of aryl methyl sites for hydroxylation is 3. The maximum atomic E-state index is 12.1. The maximum absolute atomic E-state index is 12.1. The molecular weight excluding hydrogens is 284 g/mol. The topological polar surface area (TPSA) is 59.3 Å². The lowest BCUT2D eigenvalue weighted by atomic mass is 10.3. The highest BCUT2D eigenvalue weighted by atomic mass is 32.1. The number of nitrogens with one attached hydrogen (secondary N) is 1. The predicted molar refractivity (Wildman–Crippen MR) is 83.9 cm³/mol. The van der Waals surface area contributed by atoms with Gasteiger partial charge in [-0.25, -0.2) is 9.97 Å². The van der Waals surface area contributed by atoms with Crippen LogP contribution in [0.3, 0.4) is 0 Å². The summed E-state index contributed by atoms with van der Waals surface area (Å²) in [6.07, 6.45) is 4.08. The van der Waals surface area contributed by atoms with Gasteiger partial charge in [-0.2, -0.15) is 0 Å². The van der Waals surface area contributed by atoms with Gasteiger partial charge >= 0.3 is 0 Å². The number of imidazole rings is 1. The third kappa shape index (κ3) is 2.95. The van der Waals surface area contributed by atoms with E-state index < -0.39 is 0 Å². The molecule has 0 aliphatic rings. The van der Waals surface area contributed by atoms with Gasteiger partial charge in [-0.3, -0.25) is 4.79 Å². The summed E-state index contributed by atoms with van der Waals surface area (Å²) in [4.78, 5) is 21.9. The number of pyridine rings is 1. The summed E-state index contributed by atoms with van der Waals surface area (Å²) in [7, 11) is 0. The minimum absolute atomic E-state index is 0.0936. The first kappa shape index (κ1) is 13.8. The smallest absolute Gasteiger partial charge is 0.232 e. The third-order valence-corrected chi connectivity index (χ3v) is 4.27. The minimum Gasteiger partial charge on any atom is -0.307 e. The lowest BCUT2D eigenvalue weighted by Gasteiger charge is -1.98. The van der Waals surface area contributed by atoms with Crippen molar-refractivity contribution in [3.8, 4) is 0 Å². The predicted octanol–water partition coefficient (Wildman–Crippen LogP) is 2.90. The van der Waals surface area contributed by atoms with Crippen LogP contribution < -0.4 is 5.32 Å². The highest BCUT2D eigenvalue weighted by Crippen LogP contribution is 2.21. The zero-order chi connectivity index (χ0) is 15.0. The standard InChI is InChI=1S/C15H16N4OS/c1-9-4-5-19-8-12(17-13(19)6-9)7-14(20)18-15-16-10(2)11(3)21-15/h4-6,8H,7H2,1-3H3,(H,16,18,20). The third-order valence-electron chi connectivity index (χ3n) is 3.28. The van der Waals surface area contributed by atoms with Gasteiger partial charge in [0.25, 0.3) is 0 Å². The zero-order valence-electron chi connectivity index (χ0n) is 12.2. The van der Waals surface area contributed by atoms with E-state index in [1.165, 1.54) is 11.3 Å². The quantitative estimate of drug-likeness (QED) is 0.809. The van der Waals surface area contributed by atoms with Crippen molar-refractivity contribution < 1.29 is 4.79 Å². The van der Waals surface area contributed by atoms with E-state index in [1.54, 1.807) is 0 Å². The molecule has 108 valence electrons. The van der Waals surface area contributed by atoms with E-state index in [1.807, 2.05) is 49.7 Å². The number of amides is 1. The monoisotopic (exact) mass is 300 g/mol. The summed E-state index contributed by atoms with van der Waals surface area (Å²) in [5.74, 6) is -0.0936. The number of carbonyl (C=O) groups is 1. The van der Waals surface area contributed by atoms with Crippen molar-refractivity contribution in [3.63, 3.8) is 0 Å². The normalized spacial score (nSPS) is 11.0. The van der Waals surface area contributed by atoms with Crippen LogP contribution >= 0.6 is 11.3 Å². The van der Waals surface area contributed by atoms with Gasteiger partial charge in [0.2, 0.25) is 5.91 Å². The van der Waals surface area contributed by atoms with Crippen molar-refractivity contribution in [3.05, 3.63) is 46.4 Å². The van der Waals surface area contributed by atoms with E-state index >= 15 is 0 Å². The van der Waals surface area contributed by atoms with Gasteiger partial charge in [-0.15, -0.1) is 11.3 Å². The molecular formula is C15H16N4OS. The number of aromatic nitrogens is 3. The van der Waals surface area contributed by atoms with E-state index in [0.717, 1.165) is 27.5 Å². The van der Waals surface area contributed by atoms with E-state index in [-0.39, 0.29) is 12.3 Å². The summed E-state index contributed by atoms with van der Waals surface area (Å²) >= 11 is 1.49. The fourth-order valence-electron chi connectivity index (χ4n) is 2.08. The Balaban J connectivity index is 1.73. The van der Waals surface area contributed by atoms with Crippen molar-refractivity contribution in [2.75, 3.05) is 5.32 Å². The Kier molecular flexibility index (Phi) is 3.47. The van der Waals surface area contributed by atoms with Gasteiger partial charge in [0, 0.05) is 17.3 Å². The molecule has 0 saturated carbocycles. The molecule has 3 heterocycles. The number of hydrogen-bond acceptors (Lipinski definition) is 4. The van der Waals surface area contributed by atoms with Crippen LogP contribution in [0.1, 0.15) is 21.8 Å². The number of thiazole rings is 1. The van der Waals surface area contributed by atoms with Crippen LogP contribution in [-0.4, -0.2) is 20.3 Å². The first-order valence-corrected chi connectivity index (χ1v) is 7.51. The van der Waals surface area contributed by atoms with Crippen LogP contribution in [0.25, 0.3) is 5.65 Å². The van der Waals surface area contributed by atoms with Gasteiger partial charge in [-0.05, 0) is 38.5 Å². The molecule has 3 aromatic rings. The number of hydrogen-bond donors (Lipinski definition) is 1. The van der Waals surface area contributed by atoms with Crippen LogP contribution in [0.4, 0.5) is 5.13 Å². The summed E-state index contributed by atoms with van der Waals surface area (Å²) in [5, 5.41) is 3.47. The number of carbonyl (C=O) groups excluding carboxylic acids is 1. The first-order chi connectivity index (χ1) is 10.0. The van der Waals surface area contributed by atoms with Crippen LogP contribution in [0.15, 0.2) is 24.5 Å². The Morgan fingerprint density at radius 1 is 1.33 bits per heavy atom. The molecule has 6 heteroatoms. The molecule has 3 rings (SSSR count). The van der Waals surface area contributed by atoms with Gasteiger partial charge in [0.1, 0.15) is 5.65 Å². The maximum Gasteiger partial charge on any atom is 0.232 e. The number of nitrogens with zero attached hydrogens (tertiary/aromatic N) is 3. The van der Waals surface area contributed by atoms with E-state index in [2.05, 4.69) is 15.3 Å². The van der Waals surface area contributed by atoms with Crippen molar-refractivity contribution in [2.24, 2.45) is 0 Å². The molecule has 5 nitrogen and oxygen atoms in total. The van der Waals surface area contributed by atoms with Crippen LogP contribution in [0, 0.1) is 20.8 Å².